The van der Waals surface area contributed by atoms with E-state index in [0.717, 1.165) is 48.9 Å². The van der Waals surface area contributed by atoms with E-state index in [1.165, 1.54) is 0 Å². The number of aromatic nitrogens is 5. The first-order chi connectivity index (χ1) is 14.0. The molecule has 0 amide bonds. The summed E-state index contributed by atoms with van der Waals surface area (Å²) >= 11 is 0. The largest absolute Gasteiger partial charge is 0.369 e. The maximum atomic E-state index is 12.8. The third-order valence-electron chi connectivity index (χ3n) is 5.53. The molecule has 5 rings (SSSR count). The molecule has 0 atom stereocenters. The lowest BCUT2D eigenvalue weighted by molar-refractivity contribution is 0.313. The third kappa shape index (κ3) is 3.15. The minimum atomic E-state index is -0.149. The van der Waals surface area contributed by atoms with Gasteiger partial charge < -0.3 is 19.2 Å². The molecule has 4 heterocycles. The van der Waals surface area contributed by atoms with Crippen molar-refractivity contribution in [3.05, 3.63) is 52.3 Å². The van der Waals surface area contributed by atoms with Crippen LogP contribution in [0.25, 0.3) is 28.1 Å². The van der Waals surface area contributed by atoms with Crippen LogP contribution in [-0.4, -0.2) is 62.5 Å². The Bertz CT molecular complexity index is 1280. The van der Waals surface area contributed by atoms with Crippen LogP contribution in [0.3, 0.4) is 0 Å². The van der Waals surface area contributed by atoms with Crippen molar-refractivity contribution in [1.82, 2.24) is 29.2 Å². The number of H-pyrrole nitrogens is 1. The van der Waals surface area contributed by atoms with Gasteiger partial charge in [0.05, 0.1) is 22.3 Å². The second-order valence-corrected chi connectivity index (χ2v) is 7.73. The van der Waals surface area contributed by atoms with Gasteiger partial charge in [0, 0.05) is 44.3 Å². The zero-order valence-electron chi connectivity index (χ0n) is 16.8. The van der Waals surface area contributed by atoms with Crippen LogP contribution in [0.5, 0.6) is 0 Å². The smallest absolute Gasteiger partial charge is 0.259 e. The van der Waals surface area contributed by atoms with Crippen LogP contribution >= 0.6 is 0 Å². The minimum absolute atomic E-state index is 0.149. The molecule has 0 saturated carbocycles. The van der Waals surface area contributed by atoms with Crippen LogP contribution in [0.1, 0.15) is 11.4 Å². The van der Waals surface area contributed by atoms with Gasteiger partial charge in [-0.2, -0.15) is 0 Å². The van der Waals surface area contributed by atoms with Gasteiger partial charge >= 0.3 is 0 Å². The van der Waals surface area contributed by atoms with Gasteiger partial charge in [-0.1, -0.05) is 0 Å². The highest BCUT2D eigenvalue weighted by Crippen LogP contribution is 2.22. The number of benzene rings is 1. The molecule has 1 N–H and O–H groups in total. The Morgan fingerprint density at radius 3 is 2.59 bits per heavy atom. The zero-order chi connectivity index (χ0) is 20.1. The first kappa shape index (κ1) is 17.8. The summed E-state index contributed by atoms with van der Waals surface area (Å²) in [5.74, 6) is 0.468. The van der Waals surface area contributed by atoms with Crippen LogP contribution in [0.2, 0.25) is 0 Å². The summed E-state index contributed by atoms with van der Waals surface area (Å²) in [5.41, 5.74) is 4.73. The monoisotopic (exact) mass is 389 g/mol. The number of anilines is 1. The van der Waals surface area contributed by atoms with E-state index < -0.39 is 0 Å². The van der Waals surface area contributed by atoms with Crippen molar-refractivity contribution in [2.45, 2.75) is 13.8 Å². The summed E-state index contributed by atoms with van der Waals surface area (Å²) in [4.78, 5) is 34.1. The van der Waals surface area contributed by atoms with Crippen LogP contribution in [0.4, 0.5) is 5.69 Å². The lowest BCUT2D eigenvalue weighted by Gasteiger charge is -2.34. The van der Waals surface area contributed by atoms with Gasteiger partial charge in [-0.05, 0) is 39.1 Å². The highest BCUT2D eigenvalue weighted by Gasteiger charge is 2.16. The molecule has 1 aromatic carbocycles. The zero-order valence-corrected chi connectivity index (χ0v) is 16.8. The second-order valence-electron chi connectivity index (χ2n) is 7.73. The van der Waals surface area contributed by atoms with Crippen molar-refractivity contribution in [3.8, 4) is 11.5 Å². The third-order valence-corrected chi connectivity index (χ3v) is 5.53. The molecular weight excluding hydrogens is 366 g/mol. The van der Waals surface area contributed by atoms with Crippen molar-refractivity contribution < 1.29 is 0 Å². The van der Waals surface area contributed by atoms with Gasteiger partial charge in [0.25, 0.3) is 5.56 Å². The molecule has 0 spiro atoms. The highest BCUT2D eigenvalue weighted by atomic mass is 16.1. The number of fused-ring (bicyclic) bond motifs is 2. The average molecular weight is 389 g/mol. The van der Waals surface area contributed by atoms with Crippen molar-refractivity contribution in [3.63, 3.8) is 0 Å². The summed E-state index contributed by atoms with van der Waals surface area (Å²) in [7, 11) is 2.13. The molecule has 1 aliphatic heterocycles. The minimum Gasteiger partial charge on any atom is -0.369 e. The molecule has 29 heavy (non-hydrogen) atoms. The fraction of sp³-hybridized carbons (Fsp3) is 0.333. The molecule has 0 bridgehead atoms. The first-order valence-electron chi connectivity index (χ1n) is 9.79. The number of likely N-dealkylation sites (N-methyl/N-ethyl adjacent to an activating group) is 1. The fourth-order valence-corrected chi connectivity index (χ4v) is 3.93. The molecule has 0 radical (unpaired) electrons. The van der Waals surface area contributed by atoms with E-state index >= 15 is 0 Å². The molecule has 1 aliphatic rings. The lowest BCUT2D eigenvalue weighted by Crippen LogP contribution is -2.44. The maximum absolute atomic E-state index is 12.8. The summed E-state index contributed by atoms with van der Waals surface area (Å²) in [6.45, 7) is 7.83. The van der Waals surface area contributed by atoms with Gasteiger partial charge in [0.15, 0.2) is 11.5 Å². The van der Waals surface area contributed by atoms with E-state index in [0.29, 0.717) is 22.4 Å². The summed E-state index contributed by atoms with van der Waals surface area (Å²) in [5, 5.41) is 0.600. The molecule has 1 saturated heterocycles. The quantitative estimate of drug-likeness (QED) is 0.565. The Kier molecular flexibility index (Phi) is 4.09. The Morgan fingerprint density at radius 2 is 1.79 bits per heavy atom. The van der Waals surface area contributed by atoms with E-state index in [4.69, 9.17) is 0 Å². The summed E-state index contributed by atoms with van der Waals surface area (Å²) in [6, 6.07) is 5.91. The molecule has 0 unspecified atom stereocenters. The molecule has 148 valence electrons. The maximum Gasteiger partial charge on any atom is 0.259 e. The van der Waals surface area contributed by atoms with E-state index in [-0.39, 0.29) is 5.56 Å². The van der Waals surface area contributed by atoms with E-state index in [1.807, 2.05) is 48.8 Å². The molecule has 0 aliphatic carbocycles. The second kappa shape index (κ2) is 6.66. The predicted molar refractivity (Wildman–Crippen MR) is 114 cm³/mol. The highest BCUT2D eigenvalue weighted by molar-refractivity contribution is 5.83. The van der Waals surface area contributed by atoms with E-state index in [9.17, 15) is 4.79 Å². The van der Waals surface area contributed by atoms with Crippen LogP contribution in [-0.2, 0) is 0 Å². The molecule has 1 fully saturated rings. The molecule has 8 heteroatoms. The first-order valence-corrected chi connectivity index (χ1v) is 9.79. The molecule has 8 nitrogen and oxygen atoms in total. The van der Waals surface area contributed by atoms with Gasteiger partial charge in [0.2, 0.25) is 0 Å². The van der Waals surface area contributed by atoms with Crippen LogP contribution < -0.4 is 10.5 Å². The summed E-state index contributed by atoms with van der Waals surface area (Å²) < 4.78 is 1.92. The number of nitrogens with zero attached hydrogens (tertiary/aromatic N) is 6. The van der Waals surface area contributed by atoms with Crippen LogP contribution in [0, 0.1) is 13.8 Å². The Balaban J connectivity index is 1.56. The molecular formula is C21H23N7O. The Morgan fingerprint density at radius 1 is 1.00 bits per heavy atom. The molecule has 4 aromatic rings. The van der Waals surface area contributed by atoms with Gasteiger partial charge in [0.1, 0.15) is 5.69 Å². The van der Waals surface area contributed by atoms with E-state index in [1.54, 1.807) is 0 Å². The number of hydrogen-bond donors (Lipinski definition) is 1. The van der Waals surface area contributed by atoms with Crippen molar-refractivity contribution in [2.24, 2.45) is 0 Å². The number of aryl methyl sites for hydroxylation is 2. The van der Waals surface area contributed by atoms with Crippen molar-refractivity contribution in [2.75, 3.05) is 38.1 Å². The number of hydrogen-bond acceptors (Lipinski definition) is 6. The number of aromatic amines is 1. The number of nitrogens with one attached hydrogen (secondary N) is 1. The summed E-state index contributed by atoms with van der Waals surface area (Å²) in [6.07, 6.45) is 3.79. The number of imidazole rings is 1. The number of rotatable bonds is 2. The van der Waals surface area contributed by atoms with Gasteiger partial charge in [-0.3, -0.25) is 9.78 Å². The van der Waals surface area contributed by atoms with Gasteiger partial charge in [-0.25, -0.2) is 9.97 Å². The lowest BCUT2D eigenvalue weighted by atomic mass is 10.2. The topological polar surface area (TPSA) is 82.4 Å². The van der Waals surface area contributed by atoms with Gasteiger partial charge in [-0.15, -0.1) is 0 Å². The average Bonchev–Trinajstić information content (AvgIpc) is 3.13. The Labute approximate surface area is 167 Å². The SMILES string of the molecule is Cc1cn2cc(-c3nc4ccc(N5CCN(C)CC5)cc4c(=O)[nH]3)nc2c(C)n1. The normalized spacial score (nSPS) is 15.5. The Hall–Kier alpha value is -3.26. The molecule has 3 aromatic heterocycles. The standard InChI is InChI=1S/C21H23N7O/c1-13-11-28-12-18(24-20(28)14(2)22-13)19-23-17-5-4-15(10-16(17)21(29)25-19)27-8-6-26(3)7-9-27/h4-5,10-12H,6-9H2,1-3H3,(H,23,25,29). The van der Waals surface area contributed by atoms with Crippen molar-refractivity contribution >= 4 is 22.2 Å². The van der Waals surface area contributed by atoms with Crippen molar-refractivity contribution in [1.29, 1.82) is 0 Å². The number of piperazine rings is 1. The fourth-order valence-electron chi connectivity index (χ4n) is 3.93. The van der Waals surface area contributed by atoms with E-state index in [2.05, 4.69) is 36.8 Å². The predicted octanol–water partition coefficient (Wildman–Crippen LogP) is 2.00. The van der Waals surface area contributed by atoms with Crippen LogP contribution in [0.15, 0.2) is 35.4 Å².